The maximum absolute atomic E-state index is 5.33. The molecule has 63 heavy (non-hydrogen) atoms. The van der Waals surface area contributed by atoms with E-state index in [-0.39, 0.29) is 0 Å². The summed E-state index contributed by atoms with van der Waals surface area (Å²) < 4.78 is 6.95. The van der Waals surface area contributed by atoms with Crippen LogP contribution in [0.25, 0.3) is 125 Å². The second kappa shape index (κ2) is 14.3. The molecule has 8 aromatic carbocycles. The molecule has 0 aliphatic rings. The Kier molecular flexibility index (Phi) is 8.15. The number of thiophene rings is 2. The van der Waals surface area contributed by atoms with Gasteiger partial charge in [0.05, 0.1) is 26.9 Å². The average Bonchev–Trinajstić information content (AvgIpc) is 4.03. The SMILES string of the molecule is c1ccc(-c2nc(-c3ccc4c5ccccc5n(-c5ccccc5)c4c3)nc(-c3cccc4sc5ccc(-c6nc(-c7ccccc7)c7sc8ccccc8c7n6)cc5c34)n2)cc1. The third-order valence-electron chi connectivity index (χ3n) is 11.9. The molecule has 0 aliphatic carbocycles. The van der Waals surface area contributed by atoms with E-state index in [1.165, 1.54) is 20.2 Å². The lowest BCUT2D eigenvalue weighted by Gasteiger charge is -2.11. The normalized spacial score (nSPS) is 11.8. The zero-order valence-electron chi connectivity index (χ0n) is 33.5. The lowest BCUT2D eigenvalue weighted by atomic mass is 10.0. The first kappa shape index (κ1) is 35.8. The van der Waals surface area contributed by atoms with Crippen LogP contribution in [0, 0.1) is 0 Å². The Morgan fingerprint density at radius 1 is 0.349 bits per heavy atom. The molecule has 0 saturated carbocycles. The molecule has 0 aliphatic heterocycles. The van der Waals surface area contributed by atoms with Crippen LogP contribution in [0.5, 0.6) is 0 Å². The lowest BCUT2D eigenvalue weighted by molar-refractivity contribution is 1.08. The zero-order valence-corrected chi connectivity index (χ0v) is 35.1. The smallest absolute Gasteiger partial charge is 0.164 e. The van der Waals surface area contributed by atoms with Crippen LogP contribution in [0.4, 0.5) is 0 Å². The molecule has 0 radical (unpaired) electrons. The number of hydrogen-bond acceptors (Lipinski definition) is 7. The number of nitrogens with zero attached hydrogens (tertiary/aromatic N) is 6. The summed E-state index contributed by atoms with van der Waals surface area (Å²) in [5, 5.41) is 5.72. The zero-order chi connectivity index (χ0) is 41.4. The minimum absolute atomic E-state index is 0.612. The maximum Gasteiger partial charge on any atom is 0.164 e. The van der Waals surface area contributed by atoms with Gasteiger partial charge in [-0.2, -0.15) is 0 Å². The quantitative estimate of drug-likeness (QED) is 0.167. The van der Waals surface area contributed by atoms with Crippen molar-refractivity contribution in [2.45, 2.75) is 0 Å². The first-order valence-electron chi connectivity index (χ1n) is 20.8. The number of rotatable bonds is 6. The van der Waals surface area contributed by atoms with E-state index in [2.05, 4.69) is 174 Å². The third-order valence-corrected chi connectivity index (χ3v) is 14.2. The van der Waals surface area contributed by atoms with Gasteiger partial charge in [-0.25, -0.2) is 24.9 Å². The fourth-order valence-electron chi connectivity index (χ4n) is 8.97. The molecule has 8 heteroatoms. The fraction of sp³-hybridized carbons (Fsp3) is 0. The second-order valence-corrected chi connectivity index (χ2v) is 17.8. The van der Waals surface area contributed by atoms with Gasteiger partial charge in [0.2, 0.25) is 0 Å². The third kappa shape index (κ3) is 5.87. The van der Waals surface area contributed by atoms with Crippen LogP contribution in [-0.4, -0.2) is 29.5 Å². The summed E-state index contributed by atoms with van der Waals surface area (Å²) >= 11 is 3.52. The molecule has 0 saturated heterocycles. The predicted molar refractivity (Wildman–Crippen MR) is 263 cm³/mol. The van der Waals surface area contributed by atoms with Crippen LogP contribution in [0.3, 0.4) is 0 Å². The predicted octanol–water partition coefficient (Wildman–Crippen LogP) is 14.8. The molecule has 0 unspecified atom stereocenters. The van der Waals surface area contributed by atoms with Crippen LogP contribution in [0.1, 0.15) is 0 Å². The maximum atomic E-state index is 5.33. The van der Waals surface area contributed by atoms with Crippen LogP contribution in [-0.2, 0) is 0 Å². The van der Waals surface area contributed by atoms with Gasteiger partial charge in [0.15, 0.2) is 23.3 Å². The van der Waals surface area contributed by atoms with Crippen LogP contribution in [0.15, 0.2) is 194 Å². The van der Waals surface area contributed by atoms with Crippen molar-refractivity contribution in [1.82, 2.24) is 29.5 Å². The summed E-state index contributed by atoms with van der Waals surface area (Å²) in [6, 6.07) is 67.9. The highest BCUT2D eigenvalue weighted by molar-refractivity contribution is 7.26. The highest BCUT2D eigenvalue weighted by Crippen LogP contribution is 2.43. The van der Waals surface area contributed by atoms with Crippen molar-refractivity contribution in [1.29, 1.82) is 0 Å². The topological polar surface area (TPSA) is 69.4 Å². The molecule has 5 aromatic heterocycles. The molecule has 294 valence electrons. The molecule has 5 heterocycles. The Hall–Kier alpha value is -7.91. The van der Waals surface area contributed by atoms with Crippen molar-refractivity contribution in [2.75, 3.05) is 0 Å². The van der Waals surface area contributed by atoms with E-state index in [1.807, 2.05) is 24.3 Å². The van der Waals surface area contributed by atoms with E-state index in [0.29, 0.717) is 23.3 Å². The number of para-hydroxylation sites is 2. The fourth-order valence-corrected chi connectivity index (χ4v) is 11.2. The molecule has 0 fully saturated rings. The lowest BCUT2D eigenvalue weighted by Crippen LogP contribution is -2.01. The van der Waals surface area contributed by atoms with Crippen molar-refractivity contribution in [3.63, 3.8) is 0 Å². The summed E-state index contributed by atoms with van der Waals surface area (Å²) in [6.07, 6.45) is 0. The van der Waals surface area contributed by atoms with Crippen molar-refractivity contribution in [3.8, 4) is 62.5 Å². The second-order valence-electron chi connectivity index (χ2n) is 15.6. The highest BCUT2D eigenvalue weighted by Gasteiger charge is 2.21. The van der Waals surface area contributed by atoms with Gasteiger partial charge in [-0.05, 0) is 54.6 Å². The van der Waals surface area contributed by atoms with Gasteiger partial charge in [0, 0.05) is 74.5 Å². The van der Waals surface area contributed by atoms with Crippen molar-refractivity contribution >= 4 is 85.0 Å². The number of aromatic nitrogens is 6. The molecule has 0 N–H and O–H groups in total. The average molecular weight is 841 g/mol. The van der Waals surface area contributed by atoms with Gasteiger partial charge >= 0.3 is 0 Å². The molecular formula is C55H32N6S2. The van der Waals surface area contributed by atoms with Gasteiger partial charge in [-0.1, -0.05) is 140 Å². The minimum atomic E-state index is 0.612. The van der Waals surface area contributed by atoms with Crippen molar-refractivity contribution in [2.24, 2.45) is 0 Å². The summed E-state index contributed by atoms with van der Waals surface area (Å²) in [5.74, 6) is 2.54. The molecule has 13 rings (SSSR count). The molecule has 0 spiro atoms. The van der Waals surface area contributed by atoms with Crippen LogP contribution in [0.2, 0.25) is 0 Å². The Morgan fingerprint density at radius 2 is 0.952 bits per heavy atom. The van der Waals surface area contributed by atoms with Gasteiger partial charge in [0.1, 0.15) is 0 Å². The molecule has 0 atom stereocenters. The monoisotopic (exact) mass is 840 g/mol. The van der Waals surface area contributed by atoms with Gasteiger partial charge < -0.3 is 4.57 Å². The molecule has 13 aromatic rings. The minimum Gasteiger partial charge on any atom is -0.309 e. The summed E-state index contributed by atoms with van der Waals surface area (Å²) in [6.45, 7) is 0. The van der Waals surface area contributed by atoms with E-state index < -0.39 is 0 Å². The van der Waals surface area contributed by atoms with E-state index in [4.69, 9.17) is 24.9 Å². The van der Waals surface area contributed by atoms with E-state index in [9.17, 15) is 0 Å². The van der Waals surface area contributed by atoms with Crippen LogP contribution < -0.4 is 0 Å². The van der Waals surface area contributed by atoms with E-state index in [1.54, 1.807) is 22.7 Å². The first-order valence-corrected chi connectivity index (χ1v) is 22.5. The molecule has 0 amide bonds. The Labute approximate surface area is 369 Å². The number of fused-ring (bicyclic) bond motifs is 9. The Balaban J connectivity index is 1.02. The number of benzene rings is 8. The van der Waals surface area contributed by atoms with Crippen molar-refractivity contribution < 1.29 is 0 Å². The van der Waals surface area contributed by atoms with Crippen molar-refractivity contribution in [3.05, 3.63) is 194 Å². The van der Waals surface area contributed by atoms with E-state index >= 15 is 0 Å². The summed E-state index contributed by atoms with van der Waals surface area (Å²) in [7, 11) is 0. The highest BCUT2D eigenvalue weighted by atomic mass is 32.1. The van der Waals surface area contributed by atoms with Gasteiger partial charge in [-0.15, -0.1) is 22.7 Å². The summed E-state index contributed by atoms with van der Waals surface area (Å²) in [5.41, 5.74) is 10.1. The standard InChI is InChI=1S/C55H32N6S2/c1-4-15-33(16-5-1)49-51-50(40-22-11-13-25-45(40)63-51)57-53(56-49)35-28-30-46-42(31-35)48-41(23-14-26-47(48)62-46)55-59-52(34-17-6-2-7-18-34)58-54(60-55)36-27-29-39-38-21-10-12-24-43(38)61(44(39)32-36)37-19-8-3-9-20-37/h1-32H. The van der Waals surface area contributed by atoms with Gasteiger partial charge in [-0.3, -0.25) is 0 Å². The van der Waals surface area contributed by atoms with E-state index in [0.717, 1.165) is 81.3 Å². The van der Waals surface area contributed by atoms with Crippen LogP contribution >= 0.6 is 22.7 Å². The van der Waals surface area contributed by atoms with Gasteiger partial charge in [0.25, 0.3) is 0 Å². The molecule has 6 nitrogen and oxygen atoms in total. The molecule has 0 bridgehead atoms. The summed E-state index contributed by atoms with van der Waals surface area (Å²) in [4.78, 5) is 26.3. The largest absolute Gasteiger partial charge is 0.309 e. The molecular weight excluding hydrogens is 809 g/mol. The number of hydrogen-bond donors (Lipinski definition) is 0. The first-order chi connectivity index (χ1) is 31.2. The Morgan fingerprint density at radius 3 is 1.78 bits per heavy atom. The Bertz CT molecular complexity index is 3910.